The number of anilines is 2. The fourth-order valence-electron chi connectivity index (χ4n) is 3.20. The average Bonchev–Trinajstić information content (AvgIpc) is 2.68. The summed E-state index contributed by atoms with van der Waals surface area (Å²) in [6.45, 7) is 0. The summed E-state index contributed by atoms with van der Waals surface area (Å²) in [5.74, 6) is -0.476. The summed E-state index contributed by atoms with van der Waals surface area (Å²) < 4.78 is 0. The van der Waals surface area contributed by atoms with Crippen molar-refractivity contribution < 1.29 is 4.79 Å². The number of carbonyl (C=O) groups excluding carboxylic acids is 1. The van der Waals surface area contributed by atoms with E-state index in [4.69, 9.17) is 5.73 Å². The fourth-order valence-corrected chi connectivity index (χ4v) is 3.20. The highest BCUT2D eigenvalue weighted by atomic mass is 16.1. The van der Waals surface area contributed by atoms with Gasteiger partial charge in [0.25, 0.3) is 0 Å². The van der Waals surface area contributed by atoms with Gasteiger partial charge in [0.05, 0.1) is 5.69 Å². The Morgan fingerprint density at radius 1 is 0.769 bits per heavy atom. The summed E-state index contributed by atoms with van der Waals surface area (Å²) in [5, 5.41) is 4.57. The van der Waals surface area contributed by atoms with E-state index < -0.39 is 5.91 Å². The molecule has 0 aliphatic carbocycles. The van der Waals surface area contributed by atoms with E-state index in [-0.39, 0.29) is 0 Å². The molecule has 0 bridgehead atoms. The quantitative estimate of drug-likeness (QED) is 0.524. The standard InChI is InChI=1S/C23H18N2O/c24-23(26)14-15-25(20-13-12-17-6-1-2-8-19(17)16-20)22-11-5-9-18-7-3-4-10-21(18)22/h1-16H,(H2,24,26). The molecule has 0 aliphatic heterocycles. The molecule has 126 valence electrons. The molecule has 0 aromatic heterocycles. The SMILES string of the molecule is NC(=O)C=CN(c1ccc2ccccc2c1)c1cccc2ccccc12. The number of hydrogen-bond acceptors (Lipinski definition) is 2. The molecule has 0 radical (unpaired) electrons. The van der Waals surface area contributed by atoms with Crippen LogP contribution in [-0.2, 0) is 4.79 Å². The summed E-state index contributed by atoms with van der Waals surface area (Å²) in [5.41, 5.74) is 7.31. The lowest BCUT2D eigenvalue weighted by Crippen LogP contribution is -2.12. The van der Waals surface area contributed by atoms with Crippen LogP contribution in [0.15, 0.2) is 97.2 Å². The largest absolute Gasteiger partial charge is 0.366 e. The summed E-state index contributed by atoms with van der Waals surface area (Å²) in [6, 6.07) is 28.8. The molecule has 4 aromatic rings. The van der Waals surface area contributed by atoms with Crippen molar-refractivity contribution >= 4 is 38.8 Å². The van der Waals surface area contributed by atoms with Gasteiger partial charge in [-0.05, 0) is 34.4 Å². The van der Waals surface area contributed by atoms with Crippen molar-refractivity contribution in [3.8, 4) is 0 Å². The Labute approximate surface area is 152 Å². The second kappa shape index (κ2) is 6.73. The zero-order valence-corrected chi connectivity index (χ0v) is 14.2. The first-order chi connectivity index (χ1) is 12.7. The maximum atomic E-state index is 11.4. The number of hydrogen-bond donors (Lipinski definition) is 1. The number of rotatable bonds is 4. The van der Waals surface area contributed by atoms with Crippen LogP contribution in [0.1, 0.15) is 0 Å². The smallest absolute Gasteiger partial charge is 0.242 e. The lowest BCUT2D eigenvalue weighted by Gasteiger charge is -2.23. The van der Waals surface area contributed by atoms with Crippen LogP contribution in [0.5, 0.6) is 0 Å². The third-order valence-electron chi connectivity index (χ3n) is 4.43. The van der Waals surface area contributed by atoms with Crippen molar-refractivity contribution in [1.29, 1.82) is 0 Å². The van der Waals surface area contributed by atoms with Gasteiger partial charge >= 0.3 is 0 Å². The normalized spacial score (nSPS) is 11.2. The highest BCUT2D eigenvalue weighted by Crippen LogP contribution is 2.34. The van der Waals surface area contributed by atoms with Gasteiger partial charge in [-0.1, -0.05) is 66.7 Å². The number of fused-ring (bicyclic) bond motifs is 2. The molecule has 0 aliphatic rings. The molecular weight excluding hydrogens is 320 g/mol. The van der Waals surface area contributed by atoms with E-state index in [9.17, 15) is 4.79 Å². The first kappa shape index (κ1) is 15.9. The van der Waals surface area contributed by atoms with Gasteiger partial charge < -0.3 is 10.6 Å². The van der Waals surface area contributed by atoms with E-state index in [1.807, 2.05) is 41.3 Å². The van der Waals surface area contributed by atoms with E-state index >= 15 is 0 Å². The average molecular weight is 338 g/mol. The number of amides is 1. The van der Waals surface area contributed by atoms with Gasteiger partial charge in [-0.25, -0.2) is 0 Å². The van der Waals surface area contributed by atoms with Crippen LogP contribution in [0, 0.1) is 0 Å². The van der Waals surface area contributed by atoms with Crippen LogP contribution in [0.2, 0.25) is 0 Å². The molecule has 26 heavy (non-hydrogen) atoms. The molecule has 0 spiro atoms. The van der Waals surface area contributed by atoms with Gasteiger partial charge in [-0.2, -0.15) is 0 Å². The van der Waals surface area contributed by atoms with Crippen LogP contribution in [0.25, 0.3) is 21.5 Å². The summed E-state index contributed by atoms with van der Waals surface area (Å²) in [6.07, 6.45) is 3.12. The minimum atomic E-state index is -0.476. The third-order valence-corrected chi connectivity index (χ3v) is 4.43. The summed E-state index contributed by atoms with van der Waals surface area (Å²) in [4.78, 5) is 13.4. The highest BCUT2D eigenvalue weighted by molar-refractivity contribution is 5.98. The Morgan fingerprint density at radius 3 is 2.27 bits per heavy atom. The van der Waals surface area contributed by atoms with Gasteiger partial charge in [-0.3, -0.25) is 4.79 Å². The zero-order chi connectivity index (χ0) is 17.9. The van der Waals surface area contributed by atoms with Gasteiger partial charge in [0.15, 0.2) is 0 Å². The first-order valence-electron chi connectivity index (χ1n) is 8.46. The molecule has 4 rings (SSSR count). The molecule has 0 atom stereocenters. The van der Waals surface area contributed by atoms with E-state index in [0.717, 1.165) is 27.5 Å². The molecule has 0 saturated heterocycles. The van der Waals surface area contributed by atoms with Crippen LogP contribution in [-0.4, -0.2) is 5.91 Å². The molecule has 0 fully saturated rings. The van der Waals surface area contributed by atoms with Crippen LogP contribution in [0.3, 0.4) is 0 Å². The van der Waals surface area contributed by atoms with Crippen LogP contribution < -0.4 is 10.6 Å². The zero-order valence-electron chi connectivity index (χ0n) is 14.2. The summed E-state index contributed by atoms with van der Waals surface area (Å²) >= 11 is 0. The van der Waals surface area contributed by atoms with Crippen molar-refractivity contribution in [3.05, 3.63) is 97.2 Å². The Bertz CT molecular complexity index is 1130. The van der Waals surface area contributed by atoms with Gasteiger partial charge in [-0.15, -0.1) is 0 Å². The Hall–Kier alpha value is -3.59. The number of nitrogens with zero attached hydrogens (tertiary/aromatic N) is 1. The molecule has 0 saturated carbocycles. The molecule has 3 heteroatoms. The first-order valence-corrected chi connectivity index (χ1v) is 8.46. The monoisotopic (exact) mass is 338 g/mol. The van der Waals surface area contributed by atoms with Gasteiger partial charge in [0, 0.05) is 23.3 Å². The number of carbonyl (C=O) groups is 1. The van der Waals surface area contributed by atoms with Crippen LogP contribution >= 0.6 is 0 Å². The molecule has 0 heterocycles. The second-order valence-corrected chi connectivity index (χ2v) is 6.12. The van der Waals surface area contributed by atoms with Crippen molar-refractivity contribution in [2.75, 3.05) is 4.90 Å². The predicted molar refractivity (Wildman–Crippen MR) is 108 cm³/mol. The van der Waals surface area contributed by atoms with E-state index in [2.05, 4.69) is 48.5 Å². The highest BCUT2D eigenvalue weighted by Gasteiger charge is 2.11. The molecule has 3 nitrogen and oxygen atoms in total. The Morgan fingerprint density at radius 2 is 1.46 bits per heavy atom. The maximum Gasteiger partial charge on any atom is 0.242 e. The van der Waals surface area contributed by atoms with Crippen molar-refractivity contribution in [2.24, 2.45) is 5.73 Å². The second-order valence-electron chi connectivity index (χ2n) is 6.12. The molecular formula is C23H18N2O. The lowest BCUT2D eigenvalue weighted by molar-refractivity contribution is -0.113. The van der Waals surface area contributed by atoms with E-state index in [0.29, 0.717) is 0 Å². The van der Waals surface area contributed by atoms with Gasteiger partial charge in [0.1, 0.15) is 0 Å². The minimum absolute atomic E-state index is 0.476. The topological polar surface area (TPSA) is 46.3 Å². The Balaban J connectivity index is 1.92. The molecule has 1 amide bonds. The van der Waals surface area contributed by atoms with Crippen LogP contribution in [0.4, 0.5) is 11.4 Å². The van der Waals surface area contributed by atoms with Crippen molar-refractivity contribution in [2.45, 2.75) is 0 Å². The summed E-state index contributed by atoms with van der Waals surface area (Å²) in [7, 11) is 0. The third kappa shape index (κ3) is 3.03. The lowest BCUT2D eigenvalue weighted by atomic mass is 10.1. The maximum absolute atomic E-state index is 11.4. The van der Waals surface area contributed by atoms with Crippen molar-refractivity contribution in [1.82, 2.24) is 0 Å². The van der Waals surface area contributed by atoms with Crippen molar-refractivity contribution in [3.63, 3.8) is 0 Å². The number of benzene rings is 4. The predicted octanol–water partition coefficient (Wildman–Crippen LogP) is 5.13. The molecule has 0 unspecified atom stereocenters. The minimum Gasteiger partial charge on any atom is -0.366 e. The molecule has 2 N–H and O–H groups in total. The van der Waals surface area contributed by atoms with Gasteiger partial charge in [0.2, 0.25) is 5.91 Å². The Kier molecular flexibility index (Phi) is 4.12. The number of nitrogens with two attached hydrogens (primary N) is 1. The molecule has 4 aromatic carbocycles. The fraction of sp³-hybridized carbons (Fsp3) is 0. The van der Waals surface area contributed by atoms with E-state index in [1.165, 1.54) is 11.5 Å². The van der Waals surface area contributed by atoms with E-state index in [1.54, 1.807) is 6.20 Å². The number of primary amides is 1.